The summed E-state index contributed by atoms with van der Waals surface area (Å²) < 4.78 is 5.87. The van der Waals surface area contributed by atoms with Crippen molar-refractivity contribution in [1.29, 1.82) is 0 Å². The Labute approximate surface area is 187 Å². The zero-order valence-corrected chi connectivity index (χ0v) is 18.3. The minimum Gasteiger partial charge on any atom is -0.483 e. The molecule has 0 unspecified atom stereocenters. The molecule has 2 aromatic carbocycles. The third-order valence-electron chi connectivity index (χ3n) is 6.18. The molecule has 7 heteroatoms. The van der Waals surface area contributed by atoms with E-state index in [0.29, 0.717) is 12.6 Å². The Morgan fingerprint density at radius 3 is 2.59 bits per heavy atom. The van der Waals surface area contributed by atoms with Crippen LogP contribution in [0.5, 0.6) is 0 Å². The summed E-state index contributed by atoms with van der Waals surface area (Å²) in [6, 6.07) is 18.6. The summed E-state index contributed by atoms with van der Waals surface area (Å²) in [6.45, 7) is 4.83. The monoisotopic (exact) mass is 433 g/mol. The molecule has 2 aliphatic rings. The number of hydrogen-bond acceptors (Lipinski definition) is 5. The highest BCUT2D eigenvalue weighted by molar-refractivity contribution is 5.97. The van der Waals surface area contributed by atoms with E-state index in [1.807, 2.05) is 54.3 Å². The van der Waals surface area contributed by atoms with Crippen LogP contribution in [0.4, 0.5) is 0 Å². The summed E-state index contributed by atoms with van der Waals surface area (Å²) in [6.07, 6.45) is 0.128. The highest BCUT2D eigenvalue weighted by Crippen LogP contribution is 2.29. The predicted octanol–water partition coefficient (Wildman–Crippen LogP) is 3.07. The lowest BCUT2D eigenvalue weighted by atomic mass is 9.99. The van der Waals surface area contributed by atoms with Gasteiger partial charge in [0.2, 0.25) is 0 Å². The number of nitrogens with zero attached hydrogens (tertiary/aromatic N) is 3. The number of likely N-dealkylation sites (tertiary alicyclic amines) is 1. The second-order valence-corrected chi connectivity index (χ2v) is 8.17. The predicted molar refractivity (Wildman–Crippen MR) is 123 cm³/mol. The van der Waals surface area contributed by atoms with Gasteiger partial charge in [0.15, 0.2) is 0 Å². The maximum atomic E-state index is 13.0. The number of aryl methyl sites for hydroxylation is 1. The third-order valence-corrected chi connectivity index (χ3v) is 6.18. The van der Waals surface area contributed by atoms with Crippen LogP contribution in [0.2, 0.25) is 0 Å². The molecule has 32 heavy (non-hydrogen) atoms. The topological polar surface area (TPSA) is 83.0 Å². The molecule has 3 heterocycles. The Bertz CT molecular complexity index is 1120. The summed E-state index contributed by atoms with van der Waals surface area (Å²) in [5.74, 6) is 0.0816. The number of carbonyl (C=O) groups excluding carboxylic acids is 1. The molecule has 0 radical (unpaired) electrons. The van der Waals surface area contributed by atoms with Gasteiger partial charge < -0.3 is 14.7 Å². The molecule has 1 aromatic heterocycles. The van der Waals surface area contributed by atoms with Crippen molar-refractivity contribution in [2.24, 2.45) is 0 Å². The van der Waals surface area contributed by atoms with Gasteiger partial charge in [-0.15, -0.1) is 0 Å². The van der Waals surface area contributed by atoms with Gasteiger partial charge in [0.05, 0.1) is 24.3 Å². The van der Waals surface area contributed by atoms with Gasteiger partial charge in [-0.05, 0) is 49.4 Å². The van der Waals surface area contributed by atoms with E-state index in [-0.39, 0.29) is 18.5 Å². The number of carbonyl (C=O) groups is 2. The number of morpholine rings is 1. The quantitative estimate of drug-likeness (QED) is 0.626. The van der Waals surface area contributed by atoms with Gasteiger partial charge in [-0.25, -0.2) is 0 Å². The minimum atomic E-state index is -0.250. The van der Waals surface area contributed by atoms with Crippen LogP contribution >= 0.6 is 0 Å². The number of pyridine rings is 1. The van der Waals surface area contributed by atoms with Gasteiger partial charge in [0.25, 0.3) is 12.4 Å². The SMILES string of the molecule is Cc1ccc2c(-c3ccc(C(=O)N4C[C@@H]5OCCN(C)[C@H]5C4)cc3)cccc2n1.O=CO. The van der Waals surface area contributed by atoms with Gasteiger partial charge in [0, 0.05) is 36.3 Å². The Kier molecular flexibility index (Phi) is 6.48. The molecule has 5 rings (SSSR count). The number of amides is 1. The number of likely N-dealkylation sites (N-methyl/N-ethyl adjacent to an activating group) is 1. The largest absolute Gasteiger partial charge is 0.483 e. The van der Waals surface area contributed by atoms with E-state index in [9.17, 15) is 4.79 Å². The smallest absolute Gasteiger partial charge is 0.290 e. The molecule has 0 aliphatic carbocycles. The molecule has 0 bridgehead atoms. The lowest BCUT2D eigenvalue weighted by Gasteiger charge is -2.33. The van der Waals surface area contributed by atoms with Crippen LogP contribution in [0, 0.1) is 6.92 Å². The Morgan fingerprint density at radius 2 is 1.88 bits per heavy atom. The van der Waals surface area contributed by atoms with Crippen molar-refractivity contribution in [2.45, 2.75) is 19.1 Å². The average Bonchev–Trinajstić information content (AvgIpc) is 3.24. The molecule has 2 fully saturated rings. The zero-order chi connectivity index (χ0) is 22.7. The van der Waals surface area contributed by atoms with Crippen LogP contribution in [0.3, 0.4) is 0 Å². The van der Waals surface area contributed by atoms with E-state index in [1.165, 1.54) is 0 Å². The standard InChI is InChI=1S/C24H25N3O2.CH2O2/c1-16-6-11-20-19(4-3-5-21(20)25-16)17-7-9-18(10-8-17)24(28)27-14-22-23(15-27)29-13-12-26(22)2;2-1-3/h3-11,22-23H,12-15H2,1-2H3;1H,(H,2,3)/t22-,23-;/m0./s1. The van der Waals surface area contributed by atoms with Crippen molar-refractivity contribution in [3.05, 3.63) is 65.9 Å². The van der Waals surface area contributed by atoms with Crippen molar-refractivity contribution in [2.75, 3.05) is 33.3 Å². The molecular weight excluding hydrogens is 406 g/mol. The second-order valence-electron chi connectivity index (χ2n) is 8.17. The Balaban J connectivity index is 0.000000775. The average molecular weight is 434 g/mol. The summed E-state index contributed by atoms with van der Waals surface area (Å²) in [7, 11) is 2.11. The lowest BCUT2D eigenvalue weighted by Crippen LogP contribution is -2.48. The highest BCUT2D eigenvalue weighted by Gasteiger charge is 2.40. The first-order chi connectivity index (χ1) is 15.5. The second kappa shape index (κ2) is 9.46. The van der Waals surface area contributed by atoms with Gasteiger partial charge in [-0.3, -0.25) is 19.5 Å². The first kappa shape index (κ1) is 21.9. The van der Waals surface area contributed by atoms with E-state index < -0.39 is 0 Å². The van der Waals surface area contributed by atoms with Crippen molar-refractivity contribution in [3.8, 4) is 11.1 Å². The van der Waals surface area contributed by atoms with Crippen LogP contribution in [-0.4, -0.2) is 77.7 Å². The molecular formula is C25H27N3O4. The van der Waals surface area contributed by atoms with E-state index >= 15 is 0 Å². The molecule has 2 aliphatic heterocycles. The van der Waals surface area contributed by atoms with Crippen LogP contribution in [-0.2, 0) is 9.53 Å². The number of fused-ring (bicyclic) bond motifs is 2. The van der Waals surface area contributed by atoms with Crippen LogP contribution in [0.25, 0.3) is 22.0 Å². The minimum absolute atomic E-state index is 0.0816. The van der Waals surface area contributed by atoms with Crippen LogP contribution in [0.1, 0.15) is 16.1 Å². The summed E-state index contributed by atoms with van der Waals surface area (Å²) >= 11 is 0. The molecule has 3 aromatic rings. The van der Waals surface area contributed by atoms with E-state index in [0.717, 1.165) is 53.0 Å². The van der Waals surface area contributed by atoms with Crippen molar-refractivity contribution in [3.63, 3.8) is 0 Å². The molecule has 7 nitrogen and oxygen atoms in total. The number of carboxylic acid groups (broad SMARTS) is 1. The van der Waals surface area contributed by atoms with Gasteiger partial charge in [-0.1, -0.05) is 30.3 Å². The Morgan fingerprint density at radius 1 is 1.12 bits per heavy atom. The number of rotatable bonds is 2. The van der Waals surface area contributed by atoms with Gasteiger partial charge >= 0.3 is 0 Å². The fraction of sp³-hybridized carbons (Fsp3) is 0.320. The molecule has 0 saturated carbocycles. The van der Waals surface area contributed by atoms with E-state index in [2.05, 4.69) is 29.1 Å². The van der Waals surface area contributed by atoms with Crippen LogP contribution in [0.15, 0.2) is 54.6 Å². The van der Waals surface area contributed by atoms with Crippen molar-refractivity contribution >= 4 is 23.3 Å². The number of hydrogen-bond donors (Lipinski definition) is 1. The first-order valence-electron chi connectivity index (χ1n) is 10.7. The van der Waals surface area contributed by atoms with Crippen LogP contribution < -0.4 is 0 Å². The highest BCUT2D eigenvalue weighted by atomic mass is 16.5. The number of benzene rings is 2. The van der Waals surface area contributed by atoms with E-state index in [1.54, 1.807) is 0 Å². The van der Waals surface area contributed by atoms with Gasteiger partial charge in [-0.2, -0.15) is 0 Å². The Hall–Kier alpha value is -3.29. The summed E-state index contributed by atoms with van der Waals surface area (Å²) in [4.78, 5) is 30.3. The summed E-state index contributed by atoms with van der Waals surface area (Å²) in [5.41, 5.74) is 4.96. The molecule has 0 spiro atoms. The molecule has 1 amide bonds. The summed E-state index contributed by atoms with van der Waals surface area (Å²) in [5, 5.41) is 8.01. The van der Waals surface area contributed by atoms with Crippen molar-refractivity contribution < 1.29 is 19.4 Å². The van der Waals surface area contributed by atoms with Gasteiger partial charge in [0.1, 0.15) is 0 Å². The lowest BCUT2D eigenvalue weighted by molar-refractivity contribution is -0.122. The molecule has 2 atom stereocenters. The normalized spacial score (nSPS) is 20.4. The number of aromatic nitrogens is 1. The fourth-order valence-corrected chi connectivity index (χ4v) is 4.51. The van der Waals surface area contributed by atoms with Crippen molar-refractivity contribution in [1.82, 2.24) is 14.8 Å². The third kappa shape index (κ3) is 4.35. The molecule has 2 saturated heterocycles. The number of ether oxygens (including phenoxy) is 1. The van der Waals surface area contributed by atoms with E-state index in [4.69, 9.17) is 14.6 Å². The molecule has 166 valence electrons. The molecule has 1 N–H and O–H groups in total. The first-order valence-corrected chi connectivity index (χ1v) is 10.7. The fourth-order valence-electron chi connectivity index (χ4n) is 4.51. The zero-order valence-electron chi connectivity index (χ0n) is 18.3. The maximum absolute atomic E-state index is 13.0. The maximum Gasteiger partial charge on any atom is 0.290 e.